The lowest BCUT2D eigenvalue weighted by Gasteiger charge is -2.25. The Labute approximate surface area is 115 Å². The van der Waals surface area contributed by atoms with Gasteiger partial charge < -0.3 is 5.73 Å². The molecule has 6 heteroatoms. The molecular formula is C14H14N4O2. The zero-order chi connectivity index (χ0) is 14.1. The van der Waals surface area contributed by atoms with Gasteiger partial charge in [0, 0.05) is 5.56 Å². The topological polar surface area (TPSA) is 94.9 Å². The average molecular weight is 270 g/mol. The highest BCUT2D eigenvalue weighted by Gasteiger charge is 2.23. The molecule has 0 aliphatic heterocycles. The lowest BCUT2D eigenvalue weighted by atomic mass is 9.80. The van der Waals surface area contributed by atoms with E-state index in [4.69, 9.17) is 5.73 Å². The molecule has 1 fully saturated rings. The molecule has 0 amide bonds. The molecule has 2 aromatic rings. The number of nitro groups is 1. The van der Waals surface area contributed by atoms with E-state index in [-0.39, 0.29) is 17.2 Å². The Bertz CT molecular complexity index is 651. The van der Waals surface area contributed by atoms with E-state index < -0.39 is 4.92 Å². The fourth-order valence-electron chi connectivity index (χ4n) is 2.44. The Kier molecular flexibility index (Phi) is 3.06. The predicted octanol–water partition coefficient (Wildman–Crippen LogP) is 2.90. The summed E-state index contributed by atoms with van der Waals surface area (Å²) >= 11 is 0. The fraction of sp³-hybridized carbons (Fsp3) is 0.286. The van der Waals surface area contributed by atoms with Crippen molar-refractivity contribution in [2.24, 2.45) is 0 Å². The molecule has 1 heterocycles. The van der Waals surface area contributed by atoms with Gasteiger partial charge in [-0.3, -0.25) is 10.1 Å². The number of hydrogen-bond acceptors (Lipinski definition) is 5. The van der Waals surface area contributed by atoms with E-state index in [9.17, 15) is 10.1 Å². The van der Waals surface area contributed by atoms with Crippen LogP contribution in [-0.4, -0.2) is 14.9 Å². The molecule has 0 saturated heterocycles. The Morgan fingerprint density at radius 2 is 1.90 bits per heavy atom. The van der Waals surface area contributed by atoms with E-state index in [0.29, 0.717) is 11.5 Å². The molecule has 0 radical (unpaired) electrons. The summed E-state index contributed by atoms with van der Waals surface area (Å²) in [6.45, 7) is 0. The van der Waals surface area contributed by atoms with E-state index in [1.807, 2.05) is 24.3 Å². The van der Waals surface area contributed by atoms with Crippen molar-refractivity contribution in [3.63, 3.8) is 0 Å². The number of hydrogen-bond donors (Lipinski definition) is 1. The highest BCUT2D eigenvalue weighted by molar-refractivity contribution is 5.75. The molecule has 20 heavy (non-hydrogen) atoms. The molecule has 1 aromatic carbocycles. The zero-order valence-electron chi connectivity index (χ0n) is 10.8. The van der Waals surface area contributed by atoms with Crippen LogP contribution in [-0.2, 0) is 0 Å². The van der Waals surface area contributed by atoms with Crippen LogP contribution in [0.3, 0.4) is 0 Å². The van der Waals surface area contributed by atoms with E-state index in [0.717, 1.165) is 0 Å². The summed E-state index contributed by atoms with van der Waals surface area (Å²) in [7, 11) is 0. The van der Waals surface area contributed by atoms with Crippen LogP contribution < -0.4 is 5.73 Å². The van der Waals surface area contributed by atoms with Crippen LogP contribution in [0.5, 0.6) is 0 Å². The van der Waals surface area contributed by atoms with Crippen molar-refractivity contribution < 1.29 is 4.92 Å². The number of nitrogens with two attached hydrogens (primary N) is 1. The minimum atomic E-state index is -0.537. The molecule has 0 atom stereocenters. The Morgan fingerprint density at radius 3 is 2.45 bits per heavy atom. The third-order valence-corrected chi connectivity index (χ3v) is 3.79. The van der Waals surface area contributed by atoms with E-state index in [2.05, 4.69) is 9.97 Å². The van der Waals surface area contributed by atoms with Crippen molar-refractivity contribution in [3.05, 3.63) is 46.3 Å². The van der Waals surface area contributed by atoms with Gasteiger partial charge in [-0.2, -0.15) is 0 Å². The number of benzene rings is 1. The van der Waals surface area contributed by atoms with Crippen LogP contribution >= 0.6 is 0 Å². The van der Waals surface area contributed by atoms with E-state index in [1.54, 1.807) is 0 Å². The summed E-state index contributed by atoms with van der Waals surface area (Å²) in [6, 6.07) is 7.76. The summed E-state index contributed by atoms with van der Waals surface area (Å²) in [5.74, 6) is 0.526. The third kappa shape index (κ3) is 2.09. The second kappa shape index (κ2) is 4.88. The lowest BCUT2D eigenvalue weighted by molar-refractivity contribution is -0.383. The van der Waals surface area contributed by atoms with Gasteiger partial charge in [-0.25, -0.2) is 9.97 Å². The number of nitrogen functional groups attached to an aromatic ring is 1. The van der Waals surface area contributed by atoms with E-state index in [1.165, 1.54) is 31.2 Å². The monoisotopic (exact) mass is 270 g/mol. The molecule has 1 saturated carbocycles. The lowest BCUT2D eigenvalue weighted by Crippen LogP contribution is -2.08. The van der Waals surface area contributed by atoms with Crippen LogP contribution in [0.25, 0.3) is 11.3 Å². The second-order valence-electron chi connectivity index (χ2n) is 4.96. The van der Waals surface area contributed by atoms with E-state index >= 15 is 0 Å². The Morgan fingerprint density at radius 1 is 1.20 bits per heavy atom. The molecule has 3 rings (SSSR count). The SMILES string of the molecule is Nc1ncnc(-c2ccc(C3CCC3)cc2)c1[N+](=O)[O-]. The van der Waals surface area contributed by atoms with Crippen LogP contribution in [0.1, 0.15) is 30.7 Å². The molecule has 6 nitrogen and oxygen atoms in total. The first kappa shape index (κ1) is 12.5. The van der Waals surface area contributed by atoms with Crippen molar-refractivity contribution in [2.75, 3.05) is 5.73 Å². The van der Waals surface area contributed by atoms with Gasteiger partial charge in [0.1, 0.15) is 6.33 Å². The molecule has 1 aliphatic rings. The minimum Gasteiger partial charge on any atom is -0.378 e. The summed E-state index contributed by atoms with van der Waals surface area (Å²) in [4.78, 5) is 18.2. The maximum Gasteiger partial charge on any atom is 0.337 e. The molecule has 0 spiro atoms. The van der Waals surface area contributed by atoms with Crippen molar-refractivity contribution >= 4 is 11.5 Å². The molecule has 102 valence electrons. The summed E-state index contributed by atoms with van der Waals surface area (Å²) in [6.07, 6.45) is 4.97. The van der Waals surface area contributed by atoms with Gasteiger partial charge in [-0.05, 0) is 24.3 Å². The number of nitrogens with zero attached hydrogens (tertiary/aromatic N) is 3. The number of rotatable bonds is 3. The van der Waals surface area contributed by atoms with Gasteiger partial charge in [0.2, 0.25) is 5.82 Å². The van der Waals surface area contributed by atoms with Crippen molar-refractivity contribution in [3.8, 4) is 11.3 Å². The first-order valence-corrected chi connectivity index (χ1v) is 6.52. The highest BCUT2D eigenvalue weighted by atomic mass is 16.6. The van der Waals surface area contributed by atoms with Gasteiger partial charge >= 0.3 is 5.69 Å². The average Bonchev–Trinajstić information content (AvgIpc) is 2.37. The van der Waals surface area contributed by atoms with Crippen molar-refractivity contribution in [1.82, 2.24) is 9.97 Å². The maximum atomic E-state index is 11.1. The Balaban J connectivity index is 2.00. The number of aromatic nitrogens is 2. The summed E-state index contributed by atoms with van der Waals surface area (Å²) < 4.78 is 0. The maximum absolute atomic E-state index is 11.1. The molecule has 0 bridgehead atoms. The standard InChI is InChI=1S/C14H14N4O2/c15-14-13(18(19)20)12(16-8-17-14)11-6-4-10(5-7-11)9-2-1-3-9/h4-9H,1-3H2,(H2,15,16,17). The van der Waals surface area contributed by atoms with Crippen LogP contribution in [0, 0.1) is 10.1 Å². The van der Waals surface area contributed by atoms with Crippen molar-refractivity contribution in [2.45, 2.75) is 25.2 Å². The molecule has 0 unspecified atom stereocenters. The van der Waals surface area contributed by atoms with Gasteiger partial charge in [-0.15, -0.1) is 0 Å². The normalized spacial score (nSPS) is 14.8. The van der Waals surface area contributed by atoms with Gasteiger partial charge in [0.05, 0.1) is 4.92 Å². The highest BCUT2D eigenvalue weighted by Crippen LogP contribution is 2.37. The largest absolute Gasteiger partial charge is 0.378 e. The minimum absolute atomic E-state index is 0.108. The van der Waals surface area contributed by atoms with Gasteiger partial charge in [0.25, 0.3) is 0 Å². The first-order chi connectivity index (χ1) is 9.66. The summed E-state index contributed by atoms with van der Waals surface area (Å²) in [5, 5.41) is 11.1. The number of anilines is 1. The van der Waals surface area contributed by atoms with Crippen molar-refractivity contribution in [1.29, 1.82) is 0 Å². The van der Waals surface area contributed by atoms with Crippen LogP contribution in [0.2, 0.25) is 0 Å². The fourth-order valence-corrected chi connectivity index (χ4v) is 2.44. The first-order valence-electron chi connectivity index (χ1n) is 6.52. The second-order valence-corrected chi connectivity index (χ2v) is 4.96. The smallest absolute Gasteiger partial charge is 0.337 e. The van der Waals surface area contributed by atoms with Crippen LogP contribution in [0.15, 0.2) is 30.6 Å². The molecule has 1 aromatic heterocycles. The van der Waals surface area contributed by atoms with Gasteiger partial charge in [-0.1, -0.05) is 30.7 Å². The third-order valence-electron chi connectivity index (χ3n) is 3.79. The summed E-state index contributed by atoms with van der Waals surface area (Å²) in [5.41, 5.74) is 7.58. The molecular weight excluding hydrogens is 256 g/mol. The van der Waals surface area contributed by atoms with Crippen LogP contribution in [0.4, 0.5) is 11.5 Å². The van der Waals surface area contributed by atoms with Gasteiger partial charge in [0.15, 0.2) is 5.69 Å². The Hall–Kier alpha value is -2.50. The predicted molar refractivity (Wildman–Crippen MR) is 75.1 cm³/mol. The quantitative estimate of drug-likeness (QED) is 0.683. The molecule has 1 aliphatic carbocycles. The zero-order valence-corrected chi connectivity index (χ0v) is 10.8. The molecule has 2 N–H and O–H groups in total.